The van der Waals surface area contributed by atoms with Crippen molar-refractivity contribution in [1.29, 1.82) is 0 Å². The van der Waals surface area contributed by atoms with Crippen LogP contribution in [0, 0.1) is 0 Å². The highest BCUT2D eigenvalue weighted by molar-refractivity contribution is 6.05. The Bertz CT molecular complexity index is 1000. The lowest BCUT2D eigenvalue weighted by molar-refractivity contribution is 0.102. The zero-order valence-corrected chi connectivity index (χ0v) is 17.9. The summed E-state index contributed by atoms with van der Waals surface area (Å²) in [5.41, 5.74) is 8.04. The van der Waals surface area contributed by atoms with Crippen molar-refractivity contribution in [3.8, 4) is 0 Å². The number of rotatable bonds is 6. The lowest BCUT2D eigenvalue weighted by Crippen LogP contribution is -2.28. The normalized spacial score (nSPS) is 13.1. The molecule has 0 fully saturated rings. The van der Waals surface area contributed by atoms with Gasteiger partial charge in [-0.25, -0.2) is 0 Å². The average Bonchev–Trinajstić information content (AvgIpc) is 2.80. The number of aryl methyl sites for hydroxylation is 3. The molecule has 0 atom stereocenters. The number of carbonyl (C=O) groups excluding carboxylic acids is 1. The zero-order valence-electron chi connectivity index (χ0n) is 17.9. The molecule has 154 valence electrons. The highest BCUT2D eigenvalue weighted by Crippen LogP contribution is 2.28. The molecule has 1 amide bonds. The summed E-state index contributed by atoms with van der Waals surface area (Å²) in [7, 11) is 0. The van der Waals surface area contributed by atoms with E-state index < -0.39 is 0 Å². The van der Waals surface area contributed by atoms with Crippen LogP contribution in [0.3, 0.4) is 0 Å². The highest BCUT2D eigenvalue weighted by Gasteiger charge is 2.17. The largest absolute Gasteiger partial charge is 0.367 e. The standard InChI is InChI=1S/C27H30N2O/c1-3-21-10-7-11-22(4-2)26(21)28-27(30)24-16-14-20(15-17-24)19-29-18-8-12-23-9-5-6-13-25(23)29/h5-7,9-11,13-17H,3-4,8,12,18-19H2,1-2H3,(H,28,30). The molecule has 0 unspecified atom stereocenters. The topological polar surface area (TPSA) is 32.3 Å². The smallest absolute Gasteiger partial charge is 0.255 e. The maximum Gasteiger partial charge on any atom is 0.255 e. The average molecular weight is 399 g/mol. The number of benzene rings is 3. The van der Waals surface area contributed by atoms with Crippen molar-refractivity contribution in [2.45, 2.75) is 46.1 Å². The third kappa shape index (κ3) is 4.25. The maximum atomic E-state index is 12.9. The van der Waals surface area contributed by atoms with E-state index in [2.05, 4.69) is 78.7 Å². The Balaban J connectivity index is 1.48. The predicted molar refractivity (Wildman–Crippen MR) is 125 cm³/mol. The summed E-state index contributed by atoms with van der Waals surface area (Å²) < 4.78 is 0. The molecule has 1 N–H and O–H groups in total. The van der Waals surface area contributed by atoms with Gasteiger partial charge in [0.05, 0.1) is 0 Å². The molecular formula is C27H30N2O. The van der Waals surface area contributed by atoms with Gasteiger partial charge in [-0.2, -0.15) is 0 Å². The van der Waals surface area contributed by atoms with E-state index in [1.165, 1.54) is 34.4 Å². The Morgan fingerprint density at radius 2 is 1.60 bits per heavy atom. The van der Waals surface area contributed by atoms with E-state index in [9.17, 15) is 4.79 Å². The number of amides is 1. The SMILES string of the molecule is CCc1cccc(CC)c1NC(=O)c1ccc(CN2CCCc3ccccc32)cc1. The zero-order chi connectivity index (χ0) is 20.9. The van der Waals surface area contributed by atoms with Crippen LogP contribution in [0.2, 0.25) is 0 Å². The predicted octanol–water partition coefficient (Wildman–Crippen LogP) is 6.02. The number of fused-ring (bicyclic) bond motifs is 1. The van der Waals surface area contributed by atoms with E-state index in [0.717, 1.165) is 38.0 Å². The summed E-state index contributed by atoms with van der Waals surface area (Å²) in [6.45, 7) is 6.19. The molecule has 4 rings (SSSR count). The van der Waals surface area contributed by atoms with Crippen molar-refractivity contribution < 1.29 is 4.79 Å². The molecule has 0 spiro atoms. The lowest BCUT2D eigenvalue weighted by Gasteiger charge is -2.31. The first kappa shape index (κ1) is 20.2. The van der Waals surface area contributed by atoms with Crippen molar-refractivity contribution in [3.05, 3.63) is 94.5 Å². The summed E-state index contributed by atoms with van der Waals surface area (Å²) in [5, 5.41) is 3.16. The Kier molecular flexibility index (Phi) is 6.18. The van der Waals surface area contributed by atoms with Crippen LogP contribution in [0.5, 0.6) is 0 Å². The van der Waals surface area contributed by atoms with Gasteiger partial charge in [0, 0.05) is 30.0 Å². The van der Waals surface area contributed by atoms with Crippen molar-refractivity contribution in [3.63, 3.8) is 0 Å². The van der Waals surface area contributed by atoms with E-state index in [0.29, 0.717) is 5.56 Å². The molecule has 0 aliphatic carbocycles. The second-order valence-electron chi connectivity index (χ2n) is 7.96. The molecule has 30 heavy (non-hydrogen) atoms. The van der Waals surface area contributed by atoms with E-state index >= 15 is 0 Å². The van der Waals surface area contributed by atoms with Crippen LogP contribution >= 0.6 is 0 Å². The Morgan fingerprint density at radius 1 is 0.900 bits per heavy atom. The number of carbonyl (C=O) groups is 1. The first-order valence-electron chi connectivity index (χ1n) is 11.0. The van der Waals surface area contributed by atoms with Crippen LogP contribution in [-0.2, 0) is 25.8 Å². The van der Waals surface area contributed by atoms with E-state index in [-0.39, 0.29) is 5.91 Å². The number of hydrogen-bond donors (Lipinski definition) is 1. The van der Waals surface area contributed by atoms with Crippen molar-refractivity contribution in [2.75, 3.05) is 16.8 Å². The lowest BCUT2D eigenvalue weighted by atomic mass is 10.0. The second-order valence-corrected chi connectivity index (χ2v) is 7.96. The summed E-state index contributed by atoms with van der Waals surface area (Å²) in [5.74, 6) is -0.0412. The van der Waals surface area contributed by atoms with E-state index in [1.807, 2.05) is 12.1 Å². The molecule has 3 nitrogen and oxygen atoms in total. The Labute approximate surface area is 179 Å². The van der Waals surface area contributed by atoms with Gasteiger partial charge < -0.3 is 10.2 Å². The van der Waals surface area contributed by atoms with Gasteiger partial charge in [-0.3, -0.25) is 4.79 Å². The van der Waals surface area contributed by atoms with Crippen molar-refractivity contribution >= 4 is 17.3 Å². The molecule has 0 bridgehead atoms. The molecule has 3 aromatic carbocycles. The van der Waals surface area contributed by atoms with Gasteiger partial charge in [-0.05, 0) is 66.1 Å². The molecule has 1 heterocycles. The fraction of sp³-hybridized carbons (Fsp3) is 0.296. The molecule has 0 saturated carbocycles. The number of hydrogen-bond acceptors (Lipinski definition) is 2. The number of anilines is 2. The molecule has 0 radical (unpaired) electrons. The Morgan fingerprint density at radius 3 is 2.30 bits per heavy atom. The quantitative estimate of drug-likeness (QED) is 0.551. The van der Waals surface area contributed by atoms with Gasteiger partial charge in [0.1, 0.15) is 0 Å². The summed E-state index contributed by atoms with van der Waals surface area (Å²) >= 11 is 0. The van der Waals surface area contributed by atoms with Gasteiger partial charge in [0.15, 0.2) is 0 Å². The molecule has 1 aliphatic heterocycles. The van der Waals surface area contributed by atoms with Crippen LogP contribution in [0.1, 0.15) is 52.9 Å². The van der Waals surface area contributed by atoms with Crippen molar-refractivity contribution in [2.24, 2.45) is 0 Å². The molecule has 0 saturated heterocycles. The van der Waals surface area contributed by atoms with Crippen LogP contribution in [0.15, 0.2) is 66.7 Å². The third-order valence-corrected chi connectivity index (χ3v) is 6.03. The van der Waals surface area contributed by atoms with E-state index in [4.69, 9.17) is 0 Å². The highest BCUT2D eigenvalue weighted by atomic mass is 16.1. The van der Waals surface area contributed by atoms with Gasteiger partial charge in [0.25, 0.3) is 5.91 Å². The fourth-order valence-corrected chi connectivity index (χ4v) is 4.35. The fourth-order valence-electron chi connectivity index (χ4n) is 4.35. The summed E-state index contributed by atoms with van der Waals surface area (Å²) in [4.78, 5) is 15.3. The van der Waals surface area contributed by atoms with E-state index in [1.54, 1.807) is 0 Å². The molecule has 0 aromatic heterocycles. The van der Waals surface area contributed by atoms with Crippen molar-refractivity contribution in [1.82, 2.24) is 0 Å². The van der Waals surface area contributed by atoms with Gasteiger partial charge in [-0.1, -0.05) is 62.4 Å². The minimum Gasteiger partial charge on any atom is -0.367 e. The van der Waals surface area contributed by atoms with Crippen LogP contribution in [-0.4, -0.2) is 12.5 Å². The maximum absolute atomic E-state index is 12.9. The number of para-hydroxylation sites is 2. The molecule has 3 aromatic rings. The first-order chi connectivity index (χ1) is 14.7. The van der Waals surface area contributed by atoms with Crippen LogP contribution in [0.4, 0.5) is 11.4 Å². The molecule has 3 heteroatoms. The van der Waals surface area contributed by atoms with Gasteiger partial charge >= 0.3 is 0 Å². The number of nitrogens with zero attached hydrogens (tertiary/aromatic N) is 1. The van der Waals surface area contributed by atoms with Gasteiger partial charge in [-0.15, -0.1) is 0 Å². The summed E-state index contributed by atoms with van der Waals surface area (Å²) in [6, 6.07) is 23.0. The second kappa shape index (κ2) is 9.17. The third-order valence-electron chi connectivity index (χ3n) is 6.03. The molecular weight excluding hydrogens is 368 g/mol. The minimum atomic E-state index is -0.0412. The Hall–Kier alpha value is -3.07. The summed E-state index contributed by atoms with van der Waals surface area (Å²) in [6.07, 6.45) is 4.15. The minimum absolute atomic E-state index is 0.0412. The number of nitrogens with one attached hydrogen (secondary N) is 1. The molecule has 1 aliphatic rings. The van der Waals surface area contributed by atoms with Gasteiger partial charge in [0.2, 0.25) is 0 Å². The monoisotopic (exact) mass is 398 g/mol. The van der Waals surface area contributed by atoms with Crippen LogP contribution < -0.4 is 10.2 Å². The van der Waals surface area contributed by atoms with Crippen LogP contribution in [0.25, 0.3) is 0 Å². The first-order valence-corrected chi connectivity index (χ1v) is 11.0.